The first kappa shape index (κ1) is 15.1. The van der Waals surface area contributed by atoms with E-state index in [0.717, 1.165) is 42.8 Å². The van der Waals surface area contributed by atoms with E-state index in [9.17, 15) is 5.11 Å². The van der Waals surface area contributed by atoms with Gasteiger partial charge in [0.1, 0.15) is 0 Å². The van der Waals surface area contributed by atoms with E-state index in [1.807, 2.05) is 0 Å². The van der Waals surface area contributed by atoms with Crippen LogP contribution < -0.4 is 0 Å². The first-order chi connectivity index (χ1) is 10.2. The SMILES string of the molecule is CCc1ccc(C(O)CN(C)CC2CC3CCC2C3)cc1. The molecule has 0 radical (unpaired) electrons. The number of fused-ring (bicyclic) bond motifs is 2. The number of likely N-dealkylation sites (N-methyl/N-ethyl adjacent to an activating group) is 1. The van der Waals surface area contributed by atoms with Crippen LogP contribution in [0.4, 0.5) is 0 Å². The van der Waals surface area contributed by atoms with Crippen LogP contribution in [-0.2, 0) is 6.42 Å². The van der Waals surface area contributed by atoms with Crippen molar-refractivity contribution in [3.05, 3.63) is 35.4 Å². The number of aryl methyl sites for hydroxylation is 1. The second-order valence-electron chi connectivity index (χ2n) is 7.27. The highest BCUT2D eigenvalue weighted by Gasteiger charge is 2.39. The van der Waals surface area contributed by atoms with Gasteiger partial charge in [0.05, 0.1) is 6.10 Å². The van der Waals surface area contributed by atoms with Crippen molar-refractivity contribution >= 4 is 0 Å². The van der Waals surface area contributed by atoms with Gasteiger partial charge in [-0.15, -0.1) is 0 Å². The van der Waals surface area contributed by atoms with Crippen LogP contribution in [0, 0.1) is 17.8 Å². The minimum Gasteiger partial charge on any atom is -0.387 e. The Morgan fingerprint density at radius 3 is 2.52 bits per heavy atom. The molecule has 1 N–H and O–H groups in total. The summed E-state index contributed by atoms with van der Waals surface area (Å²) in [6, 6.07) is 8.42. The van der Waals surface area contributed by atoms with Crippen molar-refractivity contribution in [2.75, 3.05) is 20.1 Å². The fourth-order valence-corrected chi connectivity index (χ4v) is 4.45. The van der Waals surface area contributed by atoms with Gasteiger partial charge in [-0.1, -0.05) is 37.6 Å². The largest absolute Gasteiger partial charge is 0.387 e. The van der Waals surface area contributed by atoms with Crippen LogP contribution in [0.1, 0.15) is 49.8 Å². The van der Waals surface area contributed by atoms with Gasteiger partial charge >= 0.3 is 0 Å². The normalized spacial score (nSPS) is 29.2. The molecule has 2 aliphatic rings. The quantitative estimate of drug-likeness (QED) is 0.863. The van der Waals surface area contributed by atoms with Crippen molar-refractivity contribution in [3.63, 3.8) is 0 Å². The average molecular weight is 287 g/mol. The average Bonchev–Trinajstić information content (AvgIpc) is 3.09. The Morgan fingerprint density at radius 1 is 1.19 bits per heavy atom. The lowest BCUT2D eigenvalue weighted by molar-refractivity contribution is 0.110. The highest BCUT2D eigenvalue weighted by Crippen LogP contribution is 2.48. The standard InChI is InChI=1S/C19H29NO/c1-3-14-4-7-16(8-5-14)19(21)13-20(2)12-18-11-15-6-9-17(18)10-15/h4-5,7-8,15,17-19,21H,3,6,9-13H2,1-2H3. The molecule has 2 saturated carbocycles. The van der Waals surface area contributed by atoms with Gasteiger partial charge < -0.3 is 10.0 Å². The van der Waals surface area contributed by atoms with Crippen LogP contribution in [0.15, 0.2) is 24.3 Å². The predicted molar refractivity (Wildman–Crippen MR) is 87.2 cm³/mol. The molecule has 1 aromatic carbocycles. The highest BCUT2D eigenvalue weighted by molar-refractivity contribution is 5.24. The van der Waals surface area contributed by atoms with Crippen LogP contribution in [-0.4, -0.2) is 30.1 Å². The van der Waals surface area contributed by atoms with E-state index < -0.39 is 0 Å². The Bertz CT molecular complexity index is 455. The molecule has 2 bridgehead atoms. The molecule has 2 heteroatoms. The topological polar surface area (TPSA) is 23.5 Å². The smallest absolute Gasteiger partial charge is 0.0916 e. The Balaban J connectivity index is 1.50. The number of aliphatic hydroxyl groups is 1. The lowest BCUT2D eigenvalue weighted by atomic mass is 9.88. The summed E-state index contributed by atoms with van der Waals surface area (Å²) in [4.78, 5) is 2.34. The van der Waals surface area contributed by atoms with Crippen molar-refractivity contribution in [1.82, 2.24) is 4.90 Å². The molecular formula is C19H29NO. The molecule has 2 nitrogen and oxygen atoms in total. The van der Waals surface area contributed by atoms with Crippen molar-refractivity contribution in [1.29, 1.82) is 0 Å². The van der Waals surface area contributed by atoms with Gasteiger partial charge in [-0.05, 0) is 61.6 Å². The third kappa shape index (κ3) is 3.49. The molecular weight excluding hydrogens is 258 g/mol. The first-order valence-electron chi connectivity index (χ1n) is 8.61. The zero-order chi connectivity index (χ0) is 14.8. The zero-order valence-electron chi connectivity index (χ0n) is 13.5. The van der Waals surface area contributed by atoms with E-state index >= 15 is 0 Å². The van der Waals surface area contributed by atoms with Crippen molar-refractivity contribution in [2.45, 2.75) is 45.1 Å². The molecule has 0 heterocycles. The maximum Gasteiger partial charge on any atom is 0.0916 e. The number of rotatable bonds is 6. The van der Waals surface area contributed by atoms with E-state index in [1.165, 1.54) is 31.2 Å². The van der Waals surface area contributed by atoms with E-state index in [2.05, 4.69) is 43.1 Å². The maximum absolute atomic E-state index is 10.4. The molecule has 0 aromatic heterocycles. The number of hydrogen-bond donors (Lipinski definition) is 1. The van der Waals surface area contributed by atoms with Gasteiger partial charge in [-0.2, -0.15) is 0 Å². The minimum absolute atomic E-state index is 0.362. The molecule has 0 saturated heterocycles. The summed E-state index contributed by atoms with van der Waals surface area (Å²) in [5, 5.41) is 10.4. The number of hydrogen-bond acceptors (Lipinski definition) is 2. The second-order valence-corrected chi connectivity index (χ2v) is 7.27. The molecule has 0 aliphatic heterocycles. The molecule has 4 atom stereocenters. The zero-order valence-corrected chi connectivity index (χ0v) is 13.5. The fourth-order valence-electron chi connectivity index (χ4n) is 4.45. The Kier molecular flexibility index (Phi) is 4.66. The summed E-state index contributed by atoms with van der Waals surface area (Å²) in [6.45, 7) is 4.07. The summed E-state index contributed by atoms with van der Waals surface area (Å²) >= 11 is 0. The molecule has 2 fully saturated rings. The lowest BCUT2D eigenvalue weighted by Crippen LogP contribution is -2.32. The Labute approximate surface area is 129 Å². The molecule has 0 spiro atoms. The van der Waals surface area contributed by atoms with Crippen LogP contribution in [0.2, 0.25) is 0 Å². The van der Waals surface area contributed by atoms with Crippen LogP contribution >= 0.6 is 0 Å². The molecule has 4 unspecified atom stereocenters. The second kappa shape index (κ2) is 6.50. The summed E-state index contributed by atoms with van der Waals surface area (Å²) < 4.78 is 0. The fraction of sp³-hybridized carbons (Fsp3) is 0.684. The Morgan fingerprint density at radius 2 is 1.95 bits per heavy atom. The minimum atomic E-state index is -0.362. The molecule has 21 heavy (non-hydrogen) atoms. The number of aliphatic hydroxyl groups excluding tert-OH is 1. The molecule has 1 aromatic rings. The third-order valence-electron chi connectivity index (χ3n) is 5.69. The van der Waals surface area contributed by atoms with Gasteiger partial charge in [0.25, 0.3) is 0 Å². The summed E-state index contributed by atoms with van der Waals surface area (Å²) in [5.41, 5.74) is 2.38. The predicted octanol–water partition coefficient (Wildman–Crippen LogP) is 3.65. The van der Waals surface area contributed by atoms with Crippen LogP contribution in [0.3, 0.4) is 0 Å². The highest BCUT2D eigenvalue weighted by atomic mass is 16.3. The third-order valence-corrected chi connectivity index (χ3v) is 5.69. The summed E-state index contributed by atoms with van der Waals surface area (Å²) in [5.74, 6) is 2.86. The molecule has 116 valence electrons. The maximum atomic E-state index is 10.4. The van der Waals surface area contributed by atoms with Crippen LogP contribution in [0.25, 0.3) is 0 Å². The monoisotopic (exact) mass is 287 g/mol. The van der Waals surface area contributed by atoms with E-state index in [1.54, 1.807) is 0 Å². The lowest BCUT2D eigenvalue weighted by Gasteiger charge is -2.28. The van der Waals surface area contributed by atoms with E-state index in [4.69, 9.17) is 0 Å². The molecule has 2 aliphatic carbocycles. The summed E-state index contributed by atoms with van der Waals surface area (Å²) in [6.07, 6.45) is 6.51. The number of benzene rings is 1. The van der Waals surface area contributed by atoms with Crippen molar-refractivity contribution in [3.8, 4) is 0 Å². The van der Waals surface area contributed by atoms with Gasteiger partial charge in [0.15, 0.2) is 0 Å². The van der Waals surface area contributed by atoms with Gasteiger partial charge in [-0.25, -0.2) is 0 Å². The van der Waals surface area contributed by atoms with Gasteiger partial charge in [0.2, 0.25) is 0 Å². The molecule has 0 amide bonds. The molecule has 3 rings (SSSR count). The van der Waals surface area contributed by atoms with Gasteiger partial charge in [0, 0.05) is 13.1 Å². The first-order valence-corrected chi connectivity index (χ1v) is 8.61. The van der Waals surface area contributed by atoms with Crippen molar-refractivity contribution < 1.29 is 5.11 Å². The van der Waals surface area contributed by atoms with Gasteiger partial charge in [-0.3, -0.25) is 0 Å². The number of nitrogens with zero attached hydrogens (tertiary/aromatic N) is 1. The summed E-state index contributed by atoms with van der Waals surface area (Å²) in [7, 11) is 2.16. The van der Waals surface area contributed by atoms with E-state index in [-0.39, 0.29) is 6.10 Å². The Hall–Kier alpha value is -0.860. The van der Waals surface area contributed by atoms with Crippen LogP contribution in [0.5, 0.6) is 0 Å². The van der Waals surface area contributed by atoms with E-state index in [0.29, 0.717) is 0 Å². The van der Waals surface area contributed by atoms with Crippen molar-refractivity contribution in [2.24, 2.45) is 17.8 Å².